The van der Waals surface area contributed by atoms with Crippen LogP contribution in [0, 0.1) is 0 Å². The minimum absolute atomic E-state index is 0.117. The van der Waals surface area contributed by atoms with Crippen molar-refractivity contribution in [2.75, 3.05) is 5.73 Å². The number of rotatable bonds is 1. The van der Waals surface area contributed by atoms with Crippen molar-refractivity contribution in [1.82, 2.24) is 14.6 Å². The number of pyridine rings is 1. The Hall–Kier alpha value is -1.80. The van der Waals surface area contributed by atoms with Gasteiger partial charge in [-0.3, -0.25) is 4.40 Å². The number of nitrogens with zero attached hydrogens (tertiary/aromatic N) is 3. The summed E-state index contributed by atoms with van der Waals surface area (Å²) in [5, 5.41) is 9.28. The SMILES string of the molecule is Nc1ccsc1-c1nnc2c(Cl)cc(C(F)(F)F)cn12. The third-order valence-electron chi connectivity index (χ3n) is 2.69. The van der Waals surface area contributed by atoms with Crippen molar-refractivity contribution < 1.29 is 13.2 Å². The Morgan fingerprint density at radius 1 is 1.30 bits per heavy atom. The number of anilines is 1. The minimum Gasteiger partial charge on any atom is -0.397 e. The molecular weight excluding hydrogens is 313 g/mol. The van der Waals surface area contributed by atoms with Crippen LogP contribution in [-0.2, 0) is 6.18 Å². The Bertz CT molecular complexity index is 793. The lowest BCUT2D eigenvalue weighted by Gasteiger charge is -2.08. The van der Waals surface area contributed by atoms with Crippen LogP contribution in [0.1, 0.15) is 5.56 Å². The van der Waals surface area contributed by atoms with E-state index in [0.29, 0.717) is 10.6 Å². The molecule has 3 heterocycles. The summed E-state index contributed by atoms with van der Waals surface area (Å²) >= 11 is 7.10. The average molecular weight is 319 g/mol. The topological polar surface area (TPSA) is 56.2 Å². The first-order valence-corrected chi connectivity index (χ1v) is 6.58. The van der Waals surface area contributed by atoms with Crippen molar-refractivity contribution in [1.29, 1.82) is 0 Å². The Morgan fingerprint density at radius 2 is 2.05 bits per heavy atom. The first kappa shape index (κ1) is 13.2. The largest absolute Gasteiger partial charge is 0.417 e. The summed E-state index contributed by atoms with van der Waals surface area (Å²) in [7, 11) is 0. The van der Waals surface area contributed by atoms with Gasteiger partial charge >= 0.3 is 6.18 Å². The van der Waals surface area contributed by atoms with E-state index in [4.69, 9.17) is 17.3 Å². The molecule has 0 unspecified atom stereocenters. The molecule has 4 nitrogen and oxygen atoms in total. The Kier molecular flexibility index (Phi) is 2.87. The molecule has 0 aliphatic heterocycles. The molecule has 3 aromatic rings. The van der Waals surface area contributed by atoms with E-state index in [2.05, 4.69) is 10.2 Å². The van der Waals surface area contributed by atoms with Gasteiger partial charge in [-0.25, -0.2) is 0 Å². The highest BCUT2D eigenvalue weighted by Gasteiger charge is 2.32. The molecule has 0 saturated heterocycles. The fourth-order valence-electron chi connectivity index (χ4n) is 1.76. The molecule has 2 N–H and O–H groups in total. The molecule has 0 fully saturated rings. The third-order valence-corrected chi connectivity index (χ3v) is 3.89. The smallest absolute Gasteiger partial charge is 0.397 e. The average Bonchev–Trinajstić information content (AvgIpc) is 2.93. The normalized spacial score (nSPS) is 12.2. The molecule has 0 saturated carbocycles. The zero-order valence-electron chi connectivity index (χ0n) is 9.65. The van der Waals surface area contributed by atoms with Crippen molar-refractivity contribution >= 4 is 34.3 Å². The second-order valence-corrected chi connectivity index (χ2v) is 5.32. The van der Waals surface area contributed by atoms with Crippen molar-refractivity contribution in [2.45, 2.75) is 6.18 Å². The van der Waals surface area contributed by atoms with Crippen LogP contribution in [0.5, 0.6) is 0 Å². The highest BCUT2D eigenvalue weighted by molar-refractivity contribution is 7.14. The van der Waals surface area contributed by atoms with Gasteiger partial charge < -0.3 is 5.73 Å². The number of aromatic nitrogens is 3. The molecule has 0 amide bonds. The van der Waals surface area contributed by atoms with Gasteiger partial charge in [0.05, 0.1) is 21.2 Å². The molecule has 20 heavy (non-hydrogen) atoms. The van der Waals surface area contributed by atoms with Crippen molar-refractivity contribution in [3.63, 3.8) is 0 Å². The van der Waals surface area contributed by atoms with Crippen LogP contribution in [0.3, 0.4) is 0 Å². The van der Waals surface area contributed by atoms with Gasteiger partial charge in [-0.1, -0.05) is 11.6 Å². The Balaban J connectivity index is 2.31. The van der Waals surface area contributed by atoms with Gasteiger partial charge in [0.15, 0.2) is 11.5 Å². The second kappa shape index (κ2) is 4.35. The number of fused-ring (bicyclic) bond motifs is 1. The van der Waals surface area contributed by atoms with Crippen LogP contribution < -0.4 is 5.73 Å². The summed E-state index contributed by atoms with van der Waals surface area (Å²) in [6.45, 7) is 0. The van der Waals surface area contributed by atoms with E-state index in [1.165, 1.54) is 15.7 Å². The van der Waals surface area contributed by atoms with Crippen molar-refractivity contribution in [2.24, 2.45) is 0 Å². The maximum atomic E-state index is 12.8. The molecule has 3 aromatic heterocycles. The van der Waals surface area contributed by atoms with Crippen LogP contribution >= 0.6 is 22.9 Å². The molecule has 0 radical (unpaired) electrons. The summed E-state index contributed by atoms with van der Waals surface area (Å²) in [6, 6.07) is 2.48. The summed E-state index contributed by atoms with van der Waals surface area (Å²) in [5.41, 5.74) is 5.47. The molecule has 0 atom stereocenters. The number of nitrogens with two attached hydrogens (primary N) is 1. The zero-order chi connectivity index (χ0) is 14.5. The number of hydrogen-bond donors (Lipinski definition) is 1. The van der Waals surface area contributed by atoms with E-state index in [1.54, 1.807) is 11.4 Å². The fourth-order valence-corrected chi connectivity index (χ4v) is 2.81. The molecular formula is C11H6ClF3N4S. The van der Waals surface area contributed by atoms with Gasteiger partial charge in [0.2, 0.25) is 0 Å². The summed E-state index contributed by atoms with van der Waals surface area (Å²) in [4.78, 5) is 0.549. The number of alkyl halides is 3. The minimum atomic E-state index is -4.50. The van der Waals surface area contributed by atoms with E-state index in [0.717, 1.165) is 12.3 Å². The predicted octanol–water partition coefficient (Wildman–Crippen LogP) is 3.71. The van der Waals surface area contributed by atoms with E-state index in [1.807, 2.05) is 0 Å². The van der Waals surface area contributed by atoms with E-state index in [-0.39, 0.29) is 16.5 Å². The van der Waals surface area contributed by atoms with Gasteiger partial charge in [0, 0.05) is 6.20 Å². The maximum Gasteiger partial charge on any atom is 0.417 e. The number of thiophene rings is 1. The lowest BCUT2D eigenvalue weighted by Crippen LogP contribution is -2.07. The number of halogens is 4. The van der Waals surface area contributed by atoms with E-state index >= 15 is 0 Å². The van der Waals surface area contributed by atoms with Gasteiger partial charge in [0.1, 0.15) is 0 Å². The van der Waals surface area contributed by atoms with Crippen LogP contribution in [-0.4, -0.2) is 14.6 Å². The lowest BCUT2D eigenvalue weighted by molar-refractivity contribution is -0.137. The molecule has 9 heteroatoms. The molecule has 0 aromatic carbocycles. The molecule has 3 rings (SSSR count). The first-order valence-electron chi connectivity index (χ1n) is 5.33. The molecule has 0 bridgehead atoms. The van der Waals surface area contributed by atoms with Gasteiger partial charge in [0.25, 0.3) is 0 Å². The van der Waals surface area contributed by atoms with Crippen LogP contribution in [0.2, 0.25) is 5.02 Å². The first-order chi connectivity index (χ1) is 9.38. The molecule has 0 aliphatic carbocycles. The van der Waals surface area contributed by atoms with Crippen molar-refractivity contribution in [3.05, 3.63) is 34.3 Å². The summed E-state index contributed by atoms with van der Waals surface area (Å²) in [5.74, 6) is 0.237. The second-order valence-electron chi connectivity index (χ2n) is 4.00. The molecule has 0 spiro atoms. The number of nitrogen functional groups attached to an aromatic ring is 1. The molecule has 0 aliphatic rings. The van der Waals surface area contributed by atoms with Crippen LogP contribution in [0.25, 0.3) is 16.3 Å². The predicted molar refractivity (Wildman–Crippen MR) is 70.7 cm³/mol. The van der Waals surface area contributed by atoms with Crippen LogP contribution in [0.4, 0.5) is 18.9 Å². The standard InChI is InChI=1S/C11H6ClF3N4S/c12-6-3-5(11(13,14)15)4-19-9(6)17-18-10(19)8-7(16)1-2-20-8/h1-4H,16H2. The third kappa shape index (κ3) is 2.01. The van der Waals surface area contributed by atoms with Gasteiger partial charge in [-0.15, -0.1) is 21.5 Å². The fraction of sp³-hybridized carbons (Fsp3) is 0.0909. The summed E-state index contributed by atoms with van der Waals surface area (Å²) in [6.07, 6.45) is -3.59. The quantitative estimate of drug-likeness (QED) is 0.744. The van der Waals surface area contributed by atoms with Gasteiger partial charge in [-0.2, -0.15) is 13.2 Å². The monoisotopic (exact) mass is 318 g/mol. The Morgan fingerprint density at radius 3 is 2.65 bits per heavy atom. The van der Waals surface area contributed by atoms with E-state index < -0.39 is 11.7 Å². The van der Waals surface area contributed by atoms with Gasteiger partial charge in [-0.05, 0) is 17.5 Å². The van der Waals surface area contributed by atoms with Crippen molar-refractivity contribution in [3.8, 4) is 10.7 Å². The van der Waals surface area contributed by atoms with E-state index in [9.17, 15) is 13.2 Å². The lowest BCUT2D eigenvalue weighted by atomic mass is 10.2. The molecule has 104 valence electrons. The van der Waals surface area contributed by atoms with Crippen LogP contribution in [0.15, 0.2) is 23.7 Å². The maximum absolute atomic E-state index is 12.8. The summed E-state index contributed by atoms with van der Waals surface area (Å²) < 4.78 is 39.7. The highest BCUT2D eigenvalue weighted by Crippen LogP contribution is 2.35. The highest BCUT2D eigenvalue weighted by atomic mass is 35.5. The number of hydrogen-bond acceptors (Lipinski definition) is 4. The zero-order valence-corrected chi connectivity index (χ0v) is 11.2. The Labute approximate surface area is 119 Å².